The number of benzene rings is 1. The molecule has 0 aliphatic heterocycles. The highest BCUT2D eigenvalue weighted by atomic mass is 16.5. The standard InChI is InChI=1S/C14H22N2O3/c1-12(19-13-6-4-3-5-7-13)14(17)16-9-8-15-10-11-18-2/h3-7,12,15H,8-11H2,1-2H3,(H,16,17). The minimum absolute atomic E-state index is 0.114. The zero-order valence-electron chi connectivity index (χ0n) is 11.5. The van der Waals surface area contributed by atoms with Gasteiger partial charge in [-0.3, -0.25) is 4.79 Å². The van der Waals surface area contributed by atoms with E-state index in [0.29, 0.717) is 25.4 Å². The maximum absolute atomic E-state index is 11.7. The fourth-order valence-corrected chi connectivity index (χ4v) is 1.47. The van der Waals surface area contributed by atoms with Crippen LogP contribution in [-0.4, -0.2) is 45.4 Å². The molecule has 2 N–H and O–H groups in total. The minimum atomic E-state index is -0.499. The Morgan fingerprint density at radius 2 is 1.95 bits per heavy atom. The third kappa shape index (κ3) is 6.79. The van der Waals surface area contributed by atoms with E-state index in [2.05, 4.69) is 10.6 Å². The summed E-state index contributed by atoms with van der Waals surface area (Å²) in [6.45, 7) is 4.47. The fraction of sp³-hybridized carbons (Fsp3) is 0.500. The highest BCUT2D eigenvalue weighted by Gasteiger charge is 2.13. The molecule has 5 nitrogen and oxygen atoms in total. The van der Waals surface area contributed by atoms with Gasteiger partial charge in [-0.05, 0) is 19.1 Å². The highest BCUT2D eigenvalue weighted by molar-refractivity contribution is 5.80. The summed E-state index contributed by atoms with van der Waals surface area (Å²) in [6, 6.07) is 9.31. The van der Waals surface area contributed by atoms with E-state index in [1.807, 2.05) is 30.3 Å². The molecule has 1 aromatic rings. The molecule has 1 aromatic carbocycles. The normalized spacial score (nSPS) is 11.9. The lowest BCUT2D eigenvalue weighted by atomic mass is 10.3. The molecule has 1 unspecified atom stereocenters. The van der Waals surface area contributed by atoms with Gasteiger partial charge in [-0.15, -0.1) is 0 Å². The lowest BCUT2D eigenvalue weighted by molar-refractivity contribution is -0.127. The van der Waals surface area contributed by atoms with Crippen LogP contribution in [0.3, 0.4) is 0 Å². The van der Waals surface area contributed by atoms with E-state index in [1.54, 1.807) is 14.0 Å². The van der Waals surface area contributed by atoms with Crippen molar-refractivity contribution >= 4 is 5.91 Å². The van der Waals surface area contributed by atoms with Crippen molar-refractivity contribution in [2.45, 2.75) is 13.0 Å². The molecule has 0 saturated heterocycles. The smallest absolute Gasteiger partial charge is 0.260 e. The van der Waals surface area contributed by atoms with Crippen LogP contribution in [0.5, 0.6) is 5.75 Å². The van der Waals surface area contributed by atoms with Crippen LogP contribution in [0.15, 0.2) is 30.3 Å². The molecule has 1 rings (SSSR count). The van der Waals surface area contributed by atoms with Gasteiger partial charge in [0.05, 0.1) is 6.61 Å². The first-order valence-electron chi connectivity index (χ1n) is 6.43. The van der Waals surface area contributed by atoms with Crippen LogP contribution in [0, 0.1) is 0 Å². The lowest BCUT2D eigenvalue weighted by Gasteiger charge is -2.14. The average molecular weight is 266 g/mol. The zero-order valence-corrected chi connectivity index (χ0v) is 11.5. The van der Waals surface area contributed by atoms with Crippen LogP contribution < -0.4 is 15.4 Å². The van der Waals surface area contributed by atoms with E-state index in [9.17, 15) is 4.79 Å². The molecule has 0 aliphatic rings. The first kappa shape index (κ1) is 15.5. The van der Waals surface area contributed by atoms with Crippen LogP contribution in [0.1, 0.15) is 6.92 Å². The number of methoxy groups -OCH3 is 1. The first-order chi connectivity index (χ1) is 9.24. The van der Waals surface area contributed by atoms with Gasteiger partial charge in [0, 0.05) is 26.7 Å². The SMILES string of the molecule is COCCNCCNC(=O)C(C)Oc1ccccc1. The second-order valence-corrected chi connectivity index (χ2v) is 4.11. The van der Waals surface area contributed by atoms with Gasteiger partial charge in [-0.1, -0.05) is 18.2 Å². The Hall–Kier alpha value is -1.59. The van der Waals surface area contributed by atoms with Crippen molar-refractivity contribution < 1.29 is 14.3 Å². The Bertz CT molecular complexity index is 357. The monoisotopic (exact) mass is 266 g/mol. The van der Waals surface area contributed by atoms with Crippen molar-refractivity contribution in [3.05, 3.63) is 30.3 Å². The summed E-state index contributed by atoms with van der Waals surface area (Å²) in [7, 11) is 1.66. The molecular formula is C14H22N2O3. The molecule has 0 spiro atoms. The molecule has 0 fully saturated rings. The van der Waals surface area contributed by atoms with E-state index >= 15 is 0 Å². The largest absolute Gasteiger partial charge is 0.481 e. The van der Waals surface area contributed by atoms with Crippen molar-refractivity contribution in [1.29, 1.82) is 0 Å². The van der Waals surface area contributed by atoms with Gasteiger partial charge in [-0.25, -0.2) is 0 Å². The number of hydrogen-bond donors (Lipinski definition) is 2. The molecule has 5 heteroatoms. The third-order valence-corrected chi connectivity index (χ3v) is 2.51. The van der Waals surface area contributed by atoms with E-state index in [0.717, 1.165) is 6.54 Å². The molecule has 0 aromatic heterocycles. The van der Waals surface area contributed by atoms with Gasteiger partial charge in [-0.2, -0.15) is 0 Å². The zero-order chi connectivity index (χ0) is 13.9. The van der Waals surface area contributed by atoms with Crippen LogP contribution in [-0.2, 0) is 9.53 Å². The number of carbonyl (C=O) groups is 1. The number of ether oxygens (including phenoxy) is 2. The lowest BCUT2D eigenvalue weighted by Crippen LogP contribution is -2.40. The van der Waals surface area contributed by atoms with Crippen molar-refractivity contribution in [3.8, 4) is 5.75 Å². The molecule has 19 heavy (non-hydrogen) atoms. The van der Waals surface area contributed by atoms with E-state index in [1.165, 1.54) is 0 Å². The summed E-state index contributed by atoms with van der Waals surface area (Å²) in [5.41, 5.74) is 0. The van der Waals surface area contributed by atoms with Crippen LogP contribution >= 0.6 is 0 Å². The third-order valence-electron chi connectivity index (χ3n) is 2.51. The summed E-state index contributed by atoms with van der Waals surface area (Å²) in [4.78, 5) is 11.7. The van der Waals surface area contributed by atoms with E-state index in [4.69, 9.17) is 9.47 Å². The van der Waals surface area contributed by atoms with Crippen molar-refractivity contribution in [3.63, 3.8) is 0 Å². The highest BCUT2D eigenvalue weighted by Crippen LogP contribution is 2.10. The second kappa shape index (κ2) is 9.35. The number of carbonyl (C=O) groups excluding carboxylic acids is 1. The Balaban J connectivity index is 2.15. The average Bonchev–Trinajstić information content (AvgIpc) is 2.43. The minimum Gasteiger partial charge on any atom is -0.481 e. The van der Waals surface area contributed by atoms with Crippen LogP contribution in [0.25, 0.3) is 0 Å². The van der Waals surface area contributed by atoms with Crippen LogP contribution in [0.4, 0.5) is 0 Å². The summed E-state index contributed by atoms with van der Waals surface area (Å²) in [6.07, 6.45) is -0.499. The molecule has 0 aliphatic carbocycles. The van der Waals surface area contributed by atoms with Crippen LogP contribution in [0.2, 0.25) is 0 Å². The quantitative estimate of drug-likeness (QED) is 0.649. The predicted octanol–water partition coefficient (Wildman–Crippen LogP) is 0.806. The summed E-state index contributed by atoms with van der Waals surface area (Å²) in [5, 5.41) is 5.96. The first-order valence-corrected chi connectivity index (χ1v) is 6.43. The molecule has 0 heterocycles. The Morgan fingerprint density at radius 3 is 2.63 bits per heavy atom. The maximum atomic E-state index is 11.7. The fourth-order valence-electron chi connectivity index (χ4n) is 1.47. The molecule has 0 bridgehead atoms. The Kier molecular flexibility index (Phi) is 7.62. The molecule has 0 saturated carbocycles. The van der Waals surface area contributed by atoms with E-state index in [-0.39, 0.29) is 5.91 Å². The number of rotatable bonds is 9. The molecular weight excluding hydrogens is 244 g/mol. The molecule has 106 valence electrons. The van der Waals surface area contributed by atoms with Gasteiger partial charge >= 0.3 is 0 Å². The number of para-hydroxylation sites is 1. The van der Waals surface area contributed by atoms with Crippen molar-refractivity contribution in [2.24, 2.45) is 0 Å². The number of nitrogens with one attached hydrogen (secondary N) is 2. The number of amides is 1. The molecule has 0 radical (unpaired) electrons. The van der Waals surface area contributed by atoms with E-state index < -0.39 is 6.10 Å². The predicted molar refractivity (Wildman–Crippen MR) is 74.3 cm³/mol. The van der Waals surface area contributed by atoms with Gasteiger partial charge < -0.3 is 20.1 Å². The number of hydrogen-bond acceptors (Lipinski definition) is 4. The summed E-state index contributed by atoms with van der Waals surface area (Å²) < 4.78 is 10.4. The molecule has 1 atom stereocenters. The second-order valence-electron chi connectivity index (χ2n) is 4.11. The Morgan fingerprint density at radius 1 is 1.21 bits per heavy atom. The van der Waals surface area contributed by atoms with Crippen molar-refractivity contribution in [1.82, 2.24) is 10.6 Å². The maximum Gasteiger partial charge on any atom is 0.260 e. The molecule has 1 amide bonds. The van der Waals surface area contributed by atoms with Gasteiger partial charge in [0.15, 0.2) is 6.10 Å². The summed E-state index contributed by atoms with van der Waals surface area (Å²) in [5.74, 6) is 0.584. The van der Waals surface area contributed by atoms with Gasteiger partial charge in [0.25, 0.3) is 5.91 Å². The Labute approximate surface area is 114 Å². The summed E-state index contributed by atoms with van der Waals surface area (Å²) >= 11 is 0. The van der Waals surface area contributed by atoms with Gasteiger partial charge in [0.2, 0.25) is 0 Å². The topological polar surface area (TPSA) is 59.6 Å². The van der Waals surface area contributed by atoms with Gasteiger partial charge in [0.1, 0.15) is 5.75 Å². The van der Waals surface area contributed by atoms with Crippen molar-refractivity contribution in [2.75, 3.05) is 33.4 Å².